The van der Waals surface area contributed by atoms with Crippen LogP contribution in [0.15, 0.2) is 115 Å². The smallest absolute Gasteiger partial charge is 0.318 e. The summed E-state index contributed by atoms with van der Waals surface area (Å²) in [4.78, 5) is 10.4. The minimum atomic E-state index is -1.72. The Kier molecular flexibility index (Phi) is 12.1. The van der Waals surface area contributed by atoms with E-state index in [4.69, 9.17) is 9.26 Å². The summed E-state index contributed by atoms with van der Waals surface area (Å²) in [6.07, 6.45) is 0.925. The number of allylic oxidation sites excluding steroid dienone is 1. The summed E-state index contributed by atoms with van der Waals surface area (Å²) in [5.41, 5.74) is 6.14. The molecule has 4 nitrogen and oxygen atoms in total. The first kappa shape index (κ1) is 29.1. The second kappa shape index (κ2) is 15.7. The maximum Gasteiger partial charge on any atom is 0.318 e. The van der Waals surface area contributed by atoms with Gasteiger partial charge < -0.3 is 14.2 Å². The van der Waals surface area contributed by atoms with Crippen LogP contribution in [0.5, 0.6) is 11.5 Å². The fourth-order valence-corrected chi connectivity index (χ4v) is 4.73. The number of para-hydroxylation sites is 1. The molecule has 0 aromatic heterocycles. The van der Waals surface area contributed by atoms with Crippen molar-refractivity contribution in [2.24, 2.45) is 0 Å². The van der Waals surface area contributed by atoms with E-state index in [1.807, 2.05) is 69.4 Å². The summed E-state index contributed by atoms with van der Waals surface area (Å²) in [5.74, 6) is 1.45. The molecule has 0 aliphatic rings. The number of hydrogen-bond donors (Lipinski definition) is 1. The largest absolute Gasteiger partial charge is 0.492 e. The Morgan fingerprint density at radius 2 is 1.18 bits per heavy atom. The monoisotopic (exact) mass is 527 g/mol. The fraction of sp³-hybridized carbons (Fsp3) is 0.212. The molecule has 0 bridgehead atoms. The SMILES string of the molecule is CC.CC/C(=C(\c1ccccc1)c1ccc(OCCN(C)P(O)Oc2ccccc2)cc1)c1ccccc1. The number of benzene rings is 4. The van der Waals surface area contributed by atoms with E-state index in [0.29, 0.717) is 18.9 Å². The third-order valence-electron chi connectivity index (χ3n) is 5.89. The fourth-order valence-electron chi connectivity index (χ4n) is 4.03. The maximum absolute atomic E-state index is 10.4. The van der Waals surface area contributed by atoms with Crippen LogP contribution in [-0.2, 0) is 0 Å². The Bertz CT molecular complexity index is 1230. The van der Waals surface area contributed by atoms with E-state index in [0.717, 1.165) is 17.7 Å². The second-order valence-corrected chi connectivity index (χ2v) is 9.72. The van der Waals surface area contributed by atoms with Gasteiger partial charge >= 0.3 is 8.53 Å². The number of likely N-dealkylation sites (N-methyl/N-ethyl adjacent to an activating group) is 1. The lowest BCUT2D eigenvalue weighted by molar-refractivity contribution is 0.274. The maximum atomic E-state index is 10.4. The van der Waals surface area contributed by atoms with Gasteiger partial charge in [0.1, 0.15) is 18.1 Å². The molecule has 0 saturated heterocycles. The molecule has 198 valence electrons. The molecule has 0 heterocycles. The molecule has 4 rings (SSSR count). The van der Waals surface area contributed by atoms with Gasteiger partial charge in [0.05, 0.1) is 0 Å². The lowest BCUT2D eigenvalue weighted by Gasteiger charge is -2.22. The molecule has 0 spiro atoms. The molecule has 4 aromatic rings. The molecule has 4 aromatic carbocycles. The standard InChI is InChI=1S/C31H32NO3P.C2H6/c1-3-30(25-13-7-4-8-14-25)31(26-15-9-5-10-16-26)27-19-21-28(22-20-27)34-24-23-32(2)36(33)35-29-17-11-6-12-18-29;1-2/h4-22,33H,3,23-24H2,1-2H3;1-2H3/b31-30-;. The predicted molar refractivity (Wildman–Crippen MR) is 161 cm³/mol. The molecule has 0 aliphatic heterocycles. The third kappa shape index (κ3) is 8.29. The molecule has 0 radical (unpaired) electrons. The van der Waals surface area contributed by atoms with Crippen LogP contribution in [0.25, 0.3) is 11.1 Å². The van der Waals surface area contributed by atoms with Crippen molar-refractivity contribution in [3.05, 3.63) is 132 Å². The number of hydrogen-bond acceptors (Lipinski definition) is 4. The van der Waals surface area contributed by atoms with E-state index in [9.17, 15) is 4.89 Å². The Hall–Kier alpha value is -3.43. The van der Waals surface area contributed by atoms with Gasteiger partial charge in [-0.2, -0.15) is 0 Å². The molecule has 0 saturated carbocycles. The van der Waals surface area contributed by atoms with E-state index >= 15 is 0 Å². The van der Waals surface area contributed by atoms with Crippen LogP contribution in [0.3, 0.4) is 0 Å². The van der Waals surface area contributed by atoms with Crippen molar-refractivity contribution in [1.29, 1.82) is 0 Å². The number of ether oxygens (including phenoxy) is 1. The number of nitrogens with zero attached hydrogens (tertiary/aromatic N) is 1. The highest BCUT2D eigenvalue weighted by Crippen LogP contribution is 2.37. The third-order valence-corrected chi connectivity index (χ3v) is 7.05. The van der Waals surface area contributed by atoms with Crippen LogP contribution in [-0.4, -0.2) is 29.8 Å². The first-order chi connectivity index (χ1) is 18.7. The summed E-state index contributed by atoms with van der Waals surface area (Å²) in [7, 11) is 0.105. The summed E-state index contributed by atoms with van der Waals surface area (Å²) < 4.78 is 13.4. The van der Waals surface area contributed by atoms with Crippen molar-refractivity contribution < 1.29 is 14.2 Å². The van der Waals surface area contributed by atoms with Gasteiger partial charge in [0.25, 0.3) is 0 Å². The van der Waals surface area contributed by atoms with Crippen molar-refractivity contribution in [2.75, 3.05) is 20.2 Å². The first-order valence-electron chi connectivity index (χ1n) is 13.2. The van der Waals surface area contributed by atoms with Crippen molar-refractivity contribution in [3.8, 4) is 11.5 Å². The Labute approximate surface area is 229 Å². The molecule has 5 heteroatoms. The molecular weight excluding hydrogens is 489 g/mol. The lowest BCUT2D eigenvalue weighted by atomic mass is 9.88. The summed E-state index contributed by atoms with van der Waals surface area (Å²) in [5, 5.41) is 0. The molecule has 1 atom stereocenters. The average Bonchev–Trinajstić information content (AvgIpc) is 2.98. The van der Waals surface area contributed by atoms with Crippen LogP contribution in [0, 0.1) is 0 Å². The highest BCUT2D eigenvalue weighted by Gasteiger charge is 2.16. The highest BCUT2D eigenvalue weighted by molar-refractivity contribution is 7.43. The first-order valence-corrected chi connectivity index (χ1v) is 14.3. The number of rotatable bonds is 11. The molecule has 0 aliphatic carbocycles. The molecule has 1 N–H and O–H groups in total. The van der Waals surface area contributed by atoms with Crippen molar-refractivity contribution >= 4 is 19.7 Å². The van der Waals surface area contributed by atoms with Gasteiger partial charge in [0.15, 0.2) is 0 Å². The van der Waals surface area contributed by atoms with Crippen LogP contribution < -0.4 is 9.26 Å². The minimum absolute atomic E-state index is 0.443. The molecule has 38 heavy (non-hydrogen) atoms. The Morgan fingerprint density at radius 1 is 0.684 bits per heavy atom. The molecule has 0 amide bonds. The molecule has 1 unspecified atom stereocenters. The lowest BCUT2D eigenvalue weighted by Crippen LogP contribution is -2.21. The van der Waals surface area contributed by atoms with E-state index in [-0.39, 0.29) is 0 Å². The normalized spacial score (nSPS) is 12.2. The van der Waals surface area contributed by atoms with E-state index in [1.54, 1.807) is 4.67 Å². The second-order valence-electron chi connectivity index (χ2n) is 8.35. The average molecular weight is 528 g/mol. The predicted octanol–water partition coefficient (Wildman–Crippen LogP) is 8.69. The van der Waals surface area contributed by atoms with Crippen LogP contribution in [0.2, 0.25) is 0 Å². The van der Waals surface area contributed by atoms with Gasteiger partial charge in [-0.3, -0.25) is 0 Å². The van der Waals surface area contributed by atoms with Crippen molar-refractivity contribution in [3.63, 3.8) is 0 Å². The van der Waals surface area contributed by atoms with E-state index in [2.05, 4.69) is 73.7 Å². The zero-order valence-electron chi connectivity index (χ0n) is 22.7. The van der Waals surface area contributed by atoms with Gasteiger partial charge in [-0.25, -0.2) is 4.67 Å². The van der Waals surface area contributed by atoms with Gasteiger partial charge in [-0.15, -0.1) is 0 Å². The Balaban J connectivity index is 0.00000195. The molecular formula is C33H38NO3P. The zero-order chi connectivity index (χ0) is 27.2. The topological polar surface area (TPSA) is 41.9 Å². The zero-order valence-corrected chi connectivity index (χ0v) is 23.6. The summed E-state index contributed by atoms with van der Waals surface area (Å²) in [6, 6.07) is 38.7. The molecule has 0 fully saturated rings. The van der Waals surface area contributed by atoms with Gasteiger partial charge in [0, 0.05) is 6.54 Å². The van der Waals surface area contributed by atoms with Crippen LogP contribution in [0.1, 0.15) is 43.9 Å². The van der Waals surface area contributed by atoms with Gasteiger partial charge in [-0.1, -0.05) is 112 Å². The Morgan fingerprint density at radius 3 is 1.74 bits per heavy atom. The van der Waals surface area contributed by atoms with E-state index in [1.165, 1.54) is 22.3 Å². The van der Waals surface area contributed by atoms with Crippen LogP contribution in [0.4, 0.5) is 0 Å². The van der Waals surface area contributed by atoms with Gasteiger partial charge in [0.2, 0.25) is 0 Å². The van der Waals surface area contributed by atoms with Crippen molar-refractivity contribution in [2.45, 2.75) is 27.2 Å². The quantitative estimate of drug-likeness (QED) is 0.156. The highest BCUT2D eigenvalue weighted by atomic mass is 31.2. The van der Waals surface area contributed by atoms with Gasteiger partial charge in [-0.05, 0) is 65.6 Å². The van der Waals surface area contributed by atoms with E-state index < -0.39 is 8.53 Å². The minimum Gasteiger partial charge on any atom is -0.492 e. The summed E-state index contributed by atoms with van der Waals surface area (Å²) >= 11 is 0. The van der Waals surface area contributed by atoms with Crippen LogP contribution >= 0.6 is 8.53 Å². The summed E-state index contributed by atoms with van der Waals surface area (Å²) in [6.45, 7) is 7.19. The van der Waals surface area contributed by atoms with Crippen molar-refractivity contribution in [1.82, 2.24) is 4.67 Å².